The zero-order chi connectivity index (χ0) is 15.1. The van der Waals surface area contributed by atoms with Gasteiger partial charge in [0.1, 0.15) is 0 Å². The highest BCUT2D eigenvalue weighted by Gasteiger charge is 2.22. The van der Waals surface area contributed by atoms with Crippen LogP contribution in [0.15, 0.2) is 30.4 Å². The molecule has 4 heteroatoms. The monoisotopic (exact) mass is 287 g/mol. The molecule has 0 heterocycles. The van der Waals surface area contributed by atoms with Crippen LogP contribution in [-0.2, 0) is 11.2 Å². The Balaban J connectivity index is 1.89. The van der Waals surface area contributed by atoms with E-state index in [4.69, 9.17) is 19.5 Å². The molecule has 0 saturated carbocycles. The van der Waals surface area contributed by atoms with Crippen molar-refractivity contribution in [3.8, 4) is 17.6 Å². The van der Waals surface area contributed by atoms with Crippen molar-refractivity contribution in [2.75, 3.05) is 20.8 Å². The Hall–Kier alpha value is -1.99. The van der Waals surface area contributed by atoms with Gasteiger partial charge in [-0.2, -0.15) is 5.26 Å². The number of nitriles is 1. The maximum absolute atomic E-state index is 9.11. The molecule has 112 valence electrons. The average molecular weight is 287 g/mol. The third-order valence-electron chi connectivity index (χ3n) is 3.71. The second kappa shape index (κ2) is 7.70. The molecule has 0 aliphatic heterocycles. The fourth-order valence-corrected chi connectivity index (χ4v) is 2.47. The molecule has 4 nitrogen and oxygen atoms in total. The van der Waals surface area contributed by atoms with E-state index in [0.29, 0.717) is 6.61 Å². The summed E-state index contributed by atoms with van der Waals surface area (Å²) in [5.74, 6) is 1.43. The Morgan fingerprint density at radius 1 is 1.14 bits per heavy atom. The highest BCUT2D eigenvalue weighted by atomic mass is 16.5. The number of hydrogen-bond donors (Lipinski definition) is 0. The molecule has 0 N–H and O–H groups in total. The standard InChI is InChI=1S/C17H21NO3/c1-19-16-8-7-13(11-17(16)20-2)9-10-21-15-6-4-3-5-14(15)12-18/h3-4,7-8,11,14-15H,5-6,9-10H2,1-2H3/t14-,15+/m0/s1. The maximum atomic E-state index is 9.11. The van der Waals surface area contributed by atoms with Gasteiger partial charge in [-0.25, -0.2) is 0 Å². The van der Waals surface area contributed by atoms with Crippen molar-refractivity contribution in [2.45, 2.75) is 25.4 Å². The lowest BCUT2D eigenvalue weighted by Crippen LogP contribution is -2.25. The van der Waals surface area contributed by atoms with Crippen LogP contribution in [0.3, 0.4) is 0 Å². The van der Waals surface area contributed by atoms with Crippen molar-refractivity contribution in [2.24, 2.45) is 5.92 Å². The second-order valence-electron chi connectivity index (χ2n) is 5.03. The van der Waals surface area contributed by atoms with Crippen LogP contribution in [0.1, 0.15) is 18.4 Å². The van der Waals surface area contributed by atoms with Gasteiger partial charge in [0.2, 0.25) is 0 Å². The van der Waals surface area contributed by atoms with Gasteiger partial charge < -0.3 is 14.2 Å². The molecule has 0 radical (unpaired) electrons. The molecular formula is C17H21NO3. The molecule has 0 amide bonds. The van der Waals surface area contributed by atoms with Crippen molar-refractivity contribution in [3.63, 3.8) is 0 Å². The highest BCUT2D eigenvalue weighted by Crippen LogP contribution is 2.28. The highest BCUT2D eigenvalue weighted by molar-refractivity contribution is 5.42. The van der Waals surface area contributed by atoms with E-state index in [9.17, 15) is 0 Å². The smallest absolute Gasteiger partial charge is 0.160 e. The number of nitrogens with zero attached hydrogens (tertiary/aromatic N) is 1. The van der Waals surface area contributed by atoms with Crippen LogP contribution in [0.4, 0.5) is 0 Å². The molecule has 1 aromatic carbocycles. The largest absolute Gasteiger partial charge is 0.493 e. The molecule has 0 bridgehead atoms. The predicted molar refractivity (Wildman–Crippen MR) is 80.5 cm³/mol. The van der Waals surface area contributed by atoms with E-state index in [0.717, 1.165) is 36.3 Å². The van der Waals surface area contributed by atoms with Gasteiger partial charge in [-0.15, -0.1) is 0 Å². The molecule has 0 unspecified atom stereocenters. The number of ether oxygens (including phenoxy) is 3. The predicted octanol–water partition coefficient (Wildman–Crippen LogP) is 3.12. The van der Waals surface area contributed by atoms with E-state index in [1.54, 1.807) is 14.2 Å². The van der Waals surface area contributed by atoms with Crippen LogP contribution in [0.2, 0.25) is 0 Å². The van der Waals surface area contributed by atoms with E-state index in [-0.39, 0.29) is 12.0 Å². The van der Waals surface area contributed by atoms with Gasteiger partial charge in [0.05, 0.1) is 38.9 Å². The number of benzene rings is 1. The van der Waals surface area contributed by atoms with Gasteiger partial charge in [-0.3, -0.25) is 0 Å². The van der Waals surface area contributed by atoms with E-state index >= 15 is 0 Å². The summed E-state index contributed by atoms with van der Waals surface area (Å²) in [4.78, 5) is 0. The first-order chi connectivity index (χ1) is 10.3. The Labute approximate surface area is 125 Å². The molecule has 2 rings (SSSR count). The SMILES string of the molecule is COc1ccc(CCO[C@@H]2CC=CC[C@H]2C#N)cc1OC. The molecule has 2 atom stereocenters. The normalized spacial score (nSPS) is 20.8. The van der Waals surface area contributed by atoms with Crippen molar-refractivity contribution in [3.05, 3.63) is 35.9 Å². The summed E-state index contributed by atoms with van der Waals surface area (Å²) in [6.45, 7) is 0.603. The Kier molecular flexibility index (Phi) is 5.65. The van der Waals surface area contributed by atoms with Crippen molar-refractivity contribution >= 4 is 0 Å². The Morgan fingerprint density at radius 2 is 1.90 bits per heavy atom. The molecule has 1 aliphatic rings. The Morgan fingerprint density at radius 3 is 2.62 bits per heavy atom. The zero-order valence-electron chi connectivity index (χ0n) is 12.5. The lowest BCUT2D eigenvalue weighted by atomic mass is 9.92. The topological polar surface area (TPSA) is 51.5 Å². The van der Waals surface area contributed by atoms with Gasteiger partial charge >= 0.3 is 0 Å². The summed E-state index contributed by atoms with van der Waals surface area (Å²) in [5, 5.41) is 9.11. The molecule has 1 aromatic rings. The van der Waals surface area contributed by atoms with Crippen molar-refractivity contribution < 1.29 is 14.2 Å². The fourth-order valence-electron chi connectivity index (χ4n) is 2.47. The Bertz CT molecular complexity index is 533. The van der Waals surface area contributed by atoms with Gasteiger partial charge in [-0.05, 0) is 37.0 Å². The van der Waals surface area contributed by atoms with Crippen LogP contribution >= 0.6 is 0 Å². The minimum absolute atomic E-state index is 0.0140. The summed E-state index contributed by atoms with van der Waals surface area (Å²) in [6.07, 6.45) is 6.57. The summed E-state index contributed by atoms with van der Waals surface area (Å²) >= 11 is 0. The quantitative estimate of drug-likeness (QED) is 0.754. The lowest BCUT2D eigenvalue weighted by molar-refractivity contribution is 0.0290. The van der Waals surface area contributed by atoms with Crippen LogP contribution in [0, 0.1) is 17.2 Å². The van der Waals surface area contributed by atoms with E-state index in [1.807, 2.05) is 18.2 Å². The summed E-state index contributed by atoms with van der Waals surface area (Å²) in [7, 11) is 3.25. The minimum atomic E-state index is -0.0274. The molecular weight excluding hydrogens is 266 g/mol. The third-order valence-corrected chi connectivity index (χ3v) is 3.71. The first kappa shape index (κ1) is 15.4. The number of hydrogen-bond acceptors (Lipinski definition) is 4. The van der Waals surface area contributed by atoms with Gasteiger partial charge in [0.25, 0.3) is 0 Å². The maximum Gasteiger partial charge on any atom is 0.160 e. The minimum Gasteiger partial charge on any atom is -0.493 e. The molecule has 21 heavy (non-hydrogen) atoms. The average Bonchev–Trinajstić information content (AvgIpc) is 2.55. The number of methoxy groups -OCH3 is 2. The molecule has 0 aromatic heterocycles. The summed E-state index contributed by atoms with van der Waals surface area (Å²) in [5.41, 5.74) is 1.13. The summed E-state index contributed by atoms with van der Waals surface area (Å²) < 4.78 is 16.4. The van der Waals surface area contributed by atoms with Gasteiger partial charge in [0.15, 0.2) is 11.5 Å². The lowest BCUT2D eigenvalue weighted by Gasteiger charge is -2.23. The second-order valence-corrected chi connectivity index (χ2v) is 5.03. The third kappa shape index (κ3) is 3.99. The zero-order valence-corrected chi connectivity index (χ0v) is 12.5. The van der Waals surface area contributed by atoms with Gasteiger partial charge in [-0.1, -0.05) is 18.2 Å². The van der Waals surface area contributed by atoms with E-state index < -0.39 is 0 Å². The summed E-state index contributed by atoms with van der Waals surface area (Å²) in [6, 6.07) is 8.19. The van der Waals surface area contributed by atoms with Crippen LogP contribution < -0.4 is 9.47 Å². The molecule has 1 aliphatic carbocycles. The van der Waals surface area contributed by atoms with Crippen LogP contribution in [0.25, 0.3) is 0 Å². The van der Waals surface area contributed by atoms with Gasteiger partial charge in [0, 0.05) is 0 Å². The molecule has 0 saturated heterocycles. The molecule has 0 spiro atoms. The van der Waals surface area contributed by atoms with Crippen LogP contribution in [0.5, 0.6) is 11.5 Å². The van der Waals surface area contributed by atoms with E-state index in [2.05, 4.69) is 18.2 Å². The molecule has 0 fully saturated rings. The number of rotatable bonds is 6. The van der Waals surface area contributed by atoms with Crippen molar-refractivity contribution in [1.82, 2.24) is 0 Å². The number of allylic oxidation sites excluding steroid dienone is 1. The first-order valence-electron chi connectivity index (χ1n) is 7.15. The van der Waals surface area contributed by atoms with Crippen LogP contribution in [-0.4, -0.2) is 26.9 Å². The van der Waals surface area contributed by atoms with E-state index in [1.165, 1.54) is 0 Å². The van der Waals surface area contributed by atoms with Crippen molar-refractivity contribution in [1.29, 1.82) is 5.26 Å². The fraction of sp³-hybridized carbons (Fsp3) is 0.471. The first-order valence-corrected chi connectivity index (χ1v) is 7.15.